The number of furan rings is 1. The highest BCUT2D eigenvalue weighted by Crippen LogP contribution is 2.28. The molecule has 0 aliphatic carbocycles. The summed E-state index contributed by atoms with van der Waals surface area (Å²) < 4.78 is 8.19. The first-order valence-electron chi connectivity index (χ1n) is 6.33. The van der Waals surface area contributed by atoms with Crippen molar-refractivity contribution in [2.45, 2.75) is 13.0 Å². The van der Waals surface area contributed by atoms with Gasteiger partial charge in [-0.25, -0.2) is 0 Å². The number of anilines is 1. The van der Waals surface area contributed by atoms with Gasteiger partial charge in [-0.2, -0.15) is 0 Å². The summed E-state index contributed by atoms with van der Waals surface area (Å²) in [5.74, 6) is 0.941. The molecule has 3 aromatic rings. The van der Waals surface area contributed by atoms with E-state index < -0.39 is 0 Å². The second-order valence-electron chi connectivity index (χ2n) is 4.70. The second-order valence-corrected chi connectivity index (χ2v) is 6.87. The number of hydrogen-bond donors (Lipinski definition) is 1. The first-order chi connectivity index (χ1) is 9.61. The predicted molar refractivity (Wildman–Crippen MR) is 95.1 cm³/mol. The van der Waals surface area contributed by atoms with Gasteiger partial charge in [0.2, 0.25) is 0 Å². The number of rotatable bonds is 3. The molecule has 2 aromatic carbocycles. The van der Waals surface area contributed by atoms with Gasteiger partial charge >= 0.3 is 0 Å². The lowest BCUT2D eigenvalue weighted by Gasteiger charge is -2.12. The zero-order valence-corrected chi connectivity index (χ0v) is 14.6. The van der Waals surface area contributed by atoms with E-state index in [0.717, 1.165) is 26.9 Å². The van der Waals surface area contributed by atoms with E-state index in [4.69, 9.17) is 4.42 Å². The Hall–Kier alpha value is -1.01. The maximum Gasteiger partial charge on any atom is 0.134 e. The number of halogens is 2. The molecule has 0 spiro atoms. The molecule has 1 unspecified atom stereocenters. The molecule has 1 atom stereocenters. The van der Waals surface area contributed by atoms with Gasteiger partial charge in [0.15, 0.2) is 0 Å². The highest BCUT2D eigenvalue weighted by molar-refractivity contribution is 14.1. The second kappa shape index (κ2) is 5.77. The van der Waals surface area contributed by atoms with Crippen LogP contribution in [0.5, 0.6) is 0 Å². The van der Waals surface area contributed by atoms with Gasteiger partial charge in [0.1, 0.15) is 11.3 Å². The first kappa shape index (κ1) is 13.9. The van der Waals surface area contributed by atoms with Crippen molar-refractivity contribution < 1.29 is 4.42 Å². The SMILES string of the molecule is CC(Nc1ccc(I)cc1)c1cc2cc(Br)ccc2o1. The zero-order chi connectivity index (χ0) is 14.1. The van der Waals surface area contributed by atoms with E-state index in [9.17, 15) is 0 Å². The van der Waals surface area contributed by atoms with Gasteiger partial charge in [-0.05, 0) is 78.0 Å². The van der Waals surface area contributed by atoms with Crippen LogP contribution in [0, 0.1) is 3.57 Å². The van der Waals surface area contributed by atoms with E-state index in [1.807, 2.05) is 12.1 Å². The van der Waals surface area contributed by atoms with Crippen molar-refractivity contribution in [1.82, 2.24) is 0 Å². The minimum absolute atomic E-state index is 0.126. The molecule has 0 aliphatic rings. The predicted octanol–water partition coefficient (Wildman–Crippen LogP) is 5.97. The fourth-order valence-electron chi connectivity index (χ4n) is 2.12. The fraction of sp³-hybridized carbons (Fsp3) is 0.125. The summed E-state index contributed by atoms with van der Waals surface area (Å²) in [5.41, 5.74) is 2.01. The molecule has 3 rings (SSSR count). The van der Waals surface area contributed by atoms with Crippen molar-refractivity contribution in [2.24, 2.45) is 0 Å². The molecule has 1 aromatic heterocycles. The highest BCUT2D eigenvalue weighted by atomic mass is 127. The molecule has 4 heteroatoms. The molecule has 1 heterocycles. The van der Waals surface area contributed by atoms with E-state index in [-0.39, 0.29) is 6.04 Å². The van der Waals surface area contributed by atoms with E-state index in [1.165, 1.54) is 3.57 Å². The number of benzene rings is 2. The Labute approximate surface area is 139 Å². The lowest BCUT2D eigenvalue weighted by atomic mass is 10.2. The molecule has 0 amide bonds. The maximum absolute atomic E-state index is 5.90. The Morgan fingerprint density at radius 1 is 1.10 bits per heavy atom. The lowest BCUT2D eigenvalue weighted by molar-refractivity contribution is 0.526. The summed E-state index contributed by atoms with van der Waals surface area (Å²) in [6, 6.07) is 16.6. The maximum atomic E-state index is 5.90. The average Bonchev–Trinajstić information content (AvgIpc) is 2.84. The van der Waals surface area contributed by atoms with Crippen LogP contribution in [-0.2, 0) is 0 Å². The average molecular weight is 442 g/mol. The molecule has 102 valence electrons. The Bertz CT molecular complexity index is 736. The highest BCUT2D eigenvalue weighted by Gasteiger charge is 2.11. The standard InChI is InChI=1S/C16H13BrINO/c1-10(19-14-5-3-13(18)4-6-14)16-9-11-8-12(17)2-7-15(11)20-16/h2-10,19H,1H3. The third-order valence-corrected chi connectivity index (χ3v) is 4.36. The molecule has 1 N–H and O–H groups in total. The fourth-order valence-corrected chi connectivity index (χ4v) is 2.85. The molecule has 0 radical (unpaired) electrons. The molecule has 0 saturated carbocycles. The number of hydrogen-bond acceptors (Lipinski definition) is 2. The van der Waals surface area contributed by atoms with Crippen LogP contribution in [0.25, 0.3) is 11.0 Å². The van der Waals surface area contributed by atoms with Gasteiger partial charge in [-0.1, -0.05) is 15.9 Å². The van der Waals surface area contributed by atoms with E-state index >= 15 is 0 Å². The van der Waals surface area contributed by atoms with E-state index in [0.29, 0.717) is 0 Å². The summed E-state index contributed by atoms with van der Waals surface area (Å²) in [6.07, 6.45) is 0. The van der Waals surface area contributed by atoms with E-state index in [2.05, 4.69) is 87.2 Å². The van der Waals surface area contributed by atoms with Crippen LogP contribution in [0.1, 0.15) is 18.7 Å². The Kier molecular flexibility index (Phi) is 4.03. The van der Waals surface area contributed by atoms with Crippen LogP contribution in [0.4, 0.5) is 5.69 Å². The van der Waals surface area contributed by atoms with Crippen LogP contribution >= 0.6 is 38.5 Å². The third-order valence-electron chi connectivity index (χ3n) is 3.15. The van der Waals surface area contributed by atoms with Crippen molar-refractivity contribution in [3.05, 3.63) is 62.3 Å². The van der Waals surface area contributed by atoms with Crippen molar-refractivity contribution in [3.8, 4) is 0 Å². The molecule has 0 saturated heterocycles. The van der Waals surface area contributed by atoms with Gasteiger partial charge in [0.05, 0.1) is 6.04 Å². The minimum atomic E-state index is 0.126. The molecular formula is C16H13BrINO. The van der Waals surface area contributed by atoms with Crippen molar-refractivity contribution in [3.63, 3.8) is 0 Å². The van der Waals surface area contributed by atoms with Gasteiger partial charge in [0, 0.05) is 19.1 Å². The first-order valence-corrected chi connectivity index (χ1v) is 8.20. The van der Waals surface area contributed by atoms with Crippen LogP contribution in [0.3, 0.4) is 0 Å². The summed E-state index contributed by atoms with van der Waals surface area (Å²) in [4.78, 5) is 0. The number of fused-ring (bicyclic) bond motifs is 1. The Morgan fingerprint density at radius 3 is 2.60 bits per heavy atom. The van der Waals surface area contributed by atoms with E-state index in [1.54, 1.807) is 0 Å². The molecule has 0 bridgehead atoms. The normalized spacial score (nSPS) is 12.6. The van der Waals surface area contributed by atoms with Gasteiger partial charge < -0.3 is 9.73 Å². The number of nitrogens with one attached hydrogen (secondary N) is 1. The quantitative estimate of drug-likeness (QED) is 0.506. The van der Waals surface area contributed by atoms with Crippen LogP contribution < -0.4 is 5.32 Å². The molecule has 0 aliphatic heterocycles. The third kappa shape index (κ3) is 3.01. The van der Waals surface area contributed by atoms with Gasteiger partial charge in [0.25, 0.3) is 0 Å². The molecule has 2 nitrogen and oxygen atoms in total. The molecular weight excluding hydrogens is 429 g/mol. The summed E-state index contributed by atoms with van der Waals surface area (Å²) in [6.45, 7) is 2.10. The van der Waals surface area contributed by atoms with Crippen molar-refractivity contribution >= 4 is 55.2 Å². The summed E-state index contributed by atoms with van der Waals surface area (Å²) in [5, 5.41) is 4.57. The molecule has 20 heavy (non-hydrogen) atoms. The van der Waals surface area contributed by atoms with Crippen LogP contribution in [0.2, 0.25) is 0 Å². The topological polar surface area (TPSA) is 25.2 Å². The lowest BCUT2D eigenvalue weighted by Crippen LogP contribution is -2.05. The molecule has 0 fully saturated rings. The van der Waals surface area contributed by atoms with Crippen molar-refractivity contribution in [2.75, 3.05) is 5.32 Å². The summed E-state index contributed by atoms with van der Waals surface area (Å²) in [7, 11) is 0. The smallest absolute Gasteiger partial charge is 0.134 e. The summed E-state index contributed by atoms with van der Waals surface area (Å²) >= 11 is 5.78. The van der Waals surface area contributed by atoms with Gasteiger partial charge in [-0.3, -0.25) is 0 Å². The Morgan fingerprint density at radius 2 is 1.85 bits per heavy atom. The Balaban J connectivity index is 1.84. The van der Waals surface area contributed by atoms with Crippen molar-refractivity contribution in [1.29, 1.82) is 0 Å². The van der Waals surface area contributed by atoms with Crippen LogP contribution in [0.15, 0.2) is 57.4 Å². The monoisotopic (exact) mass is 441 g/mol. The van der Waals surface area contributed by atoms with Crippen LogP contribution in [-0.4, -0.2) is 0 Å². The van der Waals surface area contributed by atoms with Gasteiger partial charge in [-0.15, -0.1) is 0 Å². The largest absolute Gasteiger partial charge is 0.459 e. The minimum Gasteiger partial charge on any atom is -0.459 e. The zero-order valence-electron chi connectivity index (χ0n) is 10.9.